The third-order valence-electron chi connectivity index (χ3n) is 2.64. The Hall–Kier alpha value is -2.21. The van der Waals surface area contributed by atoms with E-state index in [0.29, 0.717) is 11.3 Å². The molecule has 0 atom stereocenters. The van der Waals surface area contributed by atoms with Crippen LogP contribution in [0.3, 0.4) is 0 Å². The lowest BCUT2D eigenvalue weighted by molar-refractivity contribution is 0.0687. The highest BCUT2D eigenvalue weighted by atomic mass is 32.1. The van der Waals surface area contributed by atoms with Crippen LogP contribution in [0.2, 0.25) is 0 Å². The number of hydrogen-bond donors (Lipinski definition) is 1. The normalized spacial score (nSPS) is 10.9. The predicted octanol–water partition coefficient (Wildman–Crippen LogP) is 2.46. The van der Waals surface area contributed by atoms with Crippen LogP contribution in [0.1, 0.15) is 16.1 Å². The van der Waals surface area contributed by atoms with Crippen molar-refractivity contribution < 1.29 is 9.90 Å². The van der Waals surface area contributed by atoms with Crippen LogP contribution in [0.4, 0.5) is 0 Å². The Morgan fingerprint density at radius 2 is 2.33 bits per heavy atom. The Morgan fingerprint density at radius 3 is 3.00 bits per heavy atom. The minimum Gasteiger partial charge on any atom is -0.477 e. The molecule has 5 nitrogen and oxygen atoms in total. The second-order valence-corrected chi connectivity index (χ2v) is 4.82. The summed E-state index contributed by atoms with van der Waals surface area (Å²) in [4.78, 5) is 16.7. The average Bonchev–Trinajstić information content (AvgIpc) is 2.98. The maximum Gasteiger partial charge on any atom is 0.354 e. The Balaban J connectivity index is 2.35. The monoisotopic (exact) mass is 259 g/mol. The van der Waals surface area contributed by atoms with Gasteiger partial charge in [0.2, 0.25) is 0 Å². The van der Waals surface area contributed by atoms with Gasteiger partial charge in [0.1, 0.15) is 0 Å². The fourth-order valence-corrected chi connectivity index (χ4v) is 2.46. The molecule has 3 heterocycles. The summed E-state index contributed by atoms with van der Waals surface area (Å²) in [5.74, 6) is -1.01. The molecule has 0 aliphatic heterocycles. The molecule has 0 aliphatic carbocycles. The summed E-state index contributed by atoms with van der Waals surface area (Å²) in [5.41, 5.74) is 2.23. The van der Waals surface area contributed by atoms with Crippen LogP contribution in [0.5, 0.6) is 0 Å². The lowest BCUT2D eigenvalue weighted by Gasteiger charge is -2.03. The van der Waals surface area contributed by atoms with Gasteiger partial charge in [0.15, 0.2) is 11.3 Å². The van der Waals surface area contributed by atoms with Crippen LogP contribution >= 0.6 is 11.3 Å². The number of hydrogen-bond acceptors (Lipinski definition) is 4. The number of aryl methyl sites for hydroxylation is 1. The van der Waals surface area contributed by atoms with E-state index in [2.05, 4.69) is 10.1 Å². The second-order valence-electron chi connectivity index (χ2n) is 3.87. The van der Waals surface area contributed by atoms with Crippen molar-refractivity contribution in [1.82, 2.24) is 14.6 Å². The van der Waals surface area contributed by atoms with Crippen LogP contribution in [0, 0.1) is 6.92 Å². The van der Waals surface area contributed by atoms with Crippen LogP contribution in [0.15, 0.2) is 29.8 Å². The number of aromatic nitrogens is 3. The zero-order valence-electron chi connectivity index (χ0n) is 9.49. The molecule has 3 aromatic rings. The summed E-state index contributed by atoms with van der Waals surface area (Å²) in [6.45, 7) is 1.86. The van der Waals surface area contributed by atoms with Crippen LogP contribution in [0.25, 0.3) is 16.2 Å². The topological polar surface area (TPSA) is 67.5 Å². The SMILES string of the molecule is Cc1cnn2c(C(=O)O)cc(-c3cccs3)nc12. The average molecular weight is 259 g/mol. The number of nitrogens with zero attached hydrogens (tertiary/aromatic N) is 3. The standard InChI is InChI=1S/C12H9N3O2S/c1-7-6-13-15-9(12(16)17)5-8(14-11(7)15)10-3-2-4-18-10/h2-6H,1H3,(H,16,17). The summed E-state index contributed by atoms with van der Waals surface area (Å²) in [7, 11) is 0. The summed E-state index contributed by atoms with van der Waals surface area (Å²) in [6, 6.07) is 5.38. The van der Waals surface area contributed by atoms with Gasteiger partial charge in [-0.1, -0.05) is 6.07 Å². The fourth-order valence-electron chi connectivity index (χ4n) is 1.78. The maximum absolute atomic E-state index is 11.3. The van der Waals surface area contributed by atoms with Gasteiger partial charge >= 0.3 is 5.97 Å². The number of fused-ring (bicyclic) bond motifs is 1. The molecule has 0 aliphatic rings. The van der Waals surface area contributed by atoms with Crippen molar-refractivity contribution in [2.45, 2.75) is 6.92 Å². The molecular formula is C12H9N3O2S. The number of rotatable bonds is 2. The van der Waals surface area contributed by atoms with Crippen LogP contribution in [-0.4, -0.2) is 25.7 Å². The summed E-state index contributed by atoms with van der Waals surface area (Å²) < 4.78 is 1.36. The number of thiophene rings is 1. The van der Waals surface area contributed by atoms with Gasteiger partial charge in [-0.3, -0.25) is 0 Å². The van der Waals surface area contributed by atoms with E-state index in [4.69, 9.17) is 0 Å². The van der Waals surface area contributed by atoms with Crippen LogP contribution < -0.4 is 0 Å². The molecule has 0 saturated heterocycles. The van der Waals surface area contributed by atoms with Gasteiger partial charge in [-0.2, -0.15) is 5.10 Å². The zero-order chi connectivity index (χ0) is 12.7. The van der Waals surface area contributed by atoms with Crippen LogP contribution in [-0.2, 0) is 0 Å². The van der Waals surface area contributed by atoms with Crippen molar-refractivity contribution in [3.8, 4) is 10.6 Å². The first kappa shape index (κ1) is 10.9. The molecule has 0 radical (unpaired) electrons. The molecule has 0 bridgehead atoms. The summed E-state index contributed by atoms with van der Waals surface area (Å²) in [6.07, 6.45) is 1.62. The largest absolute Gasteiger partial charge is 0.477 e. The van der Waals surface area contributed by atoms with Crippen molar-refractivity contribution in [3.63, 3.8) is 0 Å². The molecule has 0 amide bonds. The third kappa shape index (κ3) is 1.58. The quantitative estimate of drug-likeness (QED) is 0.767. The van der Waals surface area contributed by atoms with E-state index in [-0.39, 0.29) is 5.69 Å². The second kappa shape index (κ2) is 3.92. The lowest BCUT2D eigenvalue weighted by Crippen LogP contribution is -2.08. The van der Waals surface area contributed by atoms with E-state index in [1.807, 2.05) is 24.4 Å². The highest BCUT2D eigenvalue weighted by Gasteiger charge is 2.15. The summed E-state index contributed by atoms with van der Waals surface area (Å²) >= 11 is 1.53. The van der Waals surface area contributed by atoms with Gasteiger partial charge in [-0.25, -0.2) is 14.3 Å². The fraction of sp³-hybridized carbons (Fsp3) is 0.0833. The summed E-state index contributed by atoms with van der Waals surface area (Å²) in [5, 5.41) is 15.2. The first-order valence-corrected chi connectivity index (χ1v) is 6.17. The van der Waals surface area contributed by atoms with Crippen molar-refractivity contribution in [3.05, 3.63) is 41.0 Å². The zero-order valence-corrected chi connectivity index (χ0v) is 10.3. The molecule has 0 aromatic carbocycles. The van der Waals surface area contributed by atoms with Crippen molar-refractivity contribution in [2.24, 2.45) is 0 Å². The number of aromatic carboxylic acids is 1. The van der Waals surface area contributed by atoms with E-state index in [1.54, 1.807) is 12.3 Å². The molecular weight excluding hydrogens is 250 g/mol. The van der Waals surface area contributed by atoms with E-state index < -0.39 is 5.97 Å². The van der Waals surface area contributed by atoms with Gasteiger partial charge in [0, 0.05) is 5.56 Å². The molecule has 0 fully saturated rings. The Morgan fingerprint density at radius 1 is 1.50 bits per heavy atom. The molecule has 0 spiro atoms. The highest BCUT2D eigenvalue weighted by Crippen LogP contribution is 2.25. The molecule has 3 aromatic heterocycles. The van der Waals surface area contributed by atoms with Gasteiger partial charge in [-0.15, -0.1) is 11.3 Å². The van der Waals surface area contributed by atoms with Crippen molar-refractivity contribution >= 4 is 23.0 Å². The minimum atomic E-state index is -1.01. The van der Waals surface area contributed by atoms with Crippen molar-refractivity contribution in [1.29, 1.82) is 0 Å². The number of carboxylic acids is 1. The predicted molar refractivity (Wildman–Crippen MR) is 68.0 cm³/mol. The number of carbonyl (C=O) groups is 1. The first-order valence-electron chi connectivity index (χ1n) is 5.29. The highest BCUT2D eigenvalue weighted by molar-refractivity contribution is 7.13. The molecule has 1 N–H and O–H groups in total. The van der Waals surface area contributed by atoms with E-state index in [0.717, 1.165) is 10.4 Å². The van der Waals surface area contributed by atoms with E-state index in [9.17, 15) is 9.90 Å². The molecule has 18 heavy (non-hydrogen) atoms. The molecule has 0 saturated carbocycles. The molecule has 6 heteroatoms. The maximum atomic E-state index is 11.3. The first-order chi connectivity index (χ1) is 8.66. The Labute approximate surface area is 106 Å². The molecule has 90 valence electrons. The van der Waals surface area contributed by atoms with E-state index in [1.165, 1.54) is 15.9 Å². The Kier molecular flexibility index (Phi) is 2.38. The minimum absolute atomic E-state index is 0.122. The lowest BCUT2D eigenvalue weighted by atomic mass is 10.2. The molecule has 0 unspecified atom stereocenters. The van der Waals surface area contributed by atoms with Gasteiger partial charge in [0.05, 0.1) is 16.8 Å². The molecule has 3 rings (SSSR count). The van der Waals surface area contributed by atoms with Gasteiger partial charge in [0.25, 0.3) is 0 Å². The number of carboxylic acid groups (broad SMARTS) is 1. The Bertz CT molecular complexity index is 731. The van der Waals surface area contributed by atoms with Gasteiger partial charge < -0.3 is 5.11 Å². The third-order valence-corrected chi connectivity index (χ3v) is 3.53. The van der Waals surface area contributed by atoms with E-state index >= 15 is 0 Å². The van der Waals surface area contributed by atoms with Gasteiger partial charge in [-0.05, 0) is 24.4 Å². The smallest absolute Gasteiger partial charge is 0.354 e. The van der Waals surface area contributed by atoms with Crippen molar-refractivity contribution in [2.75, 3.05) is 0 Å².